The van der Waals surface area contributed by atoms with Gasteiger partial charge in [0.1, 0.15) is 0 Å². The summed E-state index contributed by atoms with van der Waals surface area (Å²) in [5, 5.41) is 2.46. The third-order valence-electron chi connectivity index (χ3n) is 6.27. The summed E-state index contributed by atoms with van der Waals surface area (Å²) in [6.45, 7) is 0.993. The second kappa shape index (κ2) is 9.27. The number of hydrogen-bond acceptors (Lipinski definition) is 5. The van der Waals surface area contributed by atoms with E-state index in [-0.39, 0.29) is 18.7 Å². The van der Waals surface area contributed by atoms with E-state index in [4.69, 9.17) is 4.42 Å². The molecule has 7 nitrogen and oxygen atoms in total. The highest BCUT2D eigenvalue weighted by Gasteiger charge is 2.63. The largest absolute Gasteiger partial charge is 0.419 e. The predicted molar refractivity (Wildman–Crippen MR) is 122 cm³/mol. The van der Waals surface area contributed by atoms with Crippen molar-refractivity contribution >= 4 is 22.7 Å². The Morgan fingerprint density at radius 1 is 1.18 bits per heavy atom. The van der Waals surface area contributed by atoms with Gasteiger partial charge < -0.3 is 14.6 Å². The number of anilines is 1. The molecule has 2 heterocycles. The highest BCUT2D eigenvalue weighted by Crippen LogP contribution is 2.46. The number of benzene rings is 2. The number of aromatic nitrogens is 1. The van der Waals surface area contributed by atoms with E-state index in [0.717, 1.165) is 5.56 Å². The van der Waals surface area contributed by atoms with Crippen LogP contribution in [0.3, 0.4) is 0 Å². The Labute approximate surface area is 194 Å². The molecule has 2 aromatic carbocycles. The van der Waals surface area contributed by atoms with Crippen LogP contribution >= 0.6 is 0 Å². The number of oxazole rings is 1. The van der Waals surface area contributed by atoms with Crippen LogP contribution in [0.5, 0.6) is 0 Å². The molecule has 1 amide bonds. The standard InChI is InChI=1S/C24H27F3N4O3/c1-29(2)12-13-31-19-14-18(8-9-20(19)34-22(31)33)28-21(32)23(24(25,26)27)10-11-30(16-23)15-17-6-4-3-5-7-17/h3-9,14H,10-13,15-16H2,1-2H3,(H,28,32). The zero-order chi connectivity index (χ0) is 24.5. The van der Waals surface area contributed by atoms with Crippen molar-refractivity contribution in [3.05, 3.63) is 64.6 Å². The lowest BCUT2D eigenvalue weighted by molar-refractivity contribution is -0.215. The van der Waals surface area contributed by atoms with Gasteiger partial charge in [-0.1, -0.05) is 30.3 Å². The number of likely N-dealkylation sites (tertiary alicyclic amines) is 1. The molecule has 1 aliphatic rings. The molecule has 0 bridgehead atoms. The fourth-order valence-electron chi connectivity index (χ4n) is 4.31. The monoisotopic (exact) mass is 476 g/mol. The lowest BCUT2D eigenvalue weighted by Crippen LogP contribution is -2.49. The molecule has 0 radical (unpaired) electrons. The van der Waals surface area contributed by atoms with Crippen molar-refractivity contribution < 1.29 is 22.4 Å². The quantitative estimate of drug-likeness (QED) is 0.565. The van der Waals surface area contributed by atoms with Gasteiger partial charge >= 0.3 is 11.9 Å². The summed E-state index contributed by atoms with van der Waals surface area (Å²) in [4.78, 5) is 28.8. The number of rotatable bonds is 7. The summed E-state index contributed by atoms with van der Waals surface area (Å²) in [7, 11) is 3.72. The van der Waals surface area contributed by atoms with Crippen LogP contribution in [0.25, 0.3) is 11.1 Å². The van der Waals surface area contributed by atoms with E-state index in [0.29, 0.717) is 30.7 Å². The van der Waals surface area contributed by atoms with Crippen molar-refractivity contribution in [2.24, 2.45) is 5.41 Å². The smallest absolute Gasteiger partial charge is 0.408 e. The second-order valence-electron chi connectivity index (χ2n) is 8.99. The van der Waals surface area contributed by atoms with Crippen LogP contribution in [0.2, 0.25) is 0 Å². The number of nitrogens with zero attached hydrogens (tertiary/aromatic N) is 3. The number of carbonyl (C=O) groups is 1. The van der Waals surface area contributed by atoms with Gasteiger partial charge in [-0.2, -0.15) is 13.2 Å². The molecule has 0 aliphatic carbocycles. The number of alkyl halides is 3. The number of amides is 1. The number of nitrogens with one attached hydrogen (secondary N) is 1. The fraction of sp³-hybridized carbons (Fsp3) is 0.417. The van der Waals surface area contributed by atoms with Crippen LogP contribution in [-0.4, -0.2) is 60.2 Å². The van der Waals surface area contributed by atoms with E-state index in [2.05, 4.69) is 5.32 Å². The van der Waals surface area contributed by atoms with Gasteiger partial charge in [0.05, 0.1) is 5.52 Å². The summed E-state index contributed by atoms with van der Waals surface area (Å²) in [5.74, 6) is -1.65. The molecule has 1 saturated heterocycles. The molecule has 1 atom stereocenters. The molecular weight excluding hydrogens is 449 g/mol. The van der Waals surface area contributed by atoms with Crippen molar-refractivity contribution in [3.8, 4) is 0 Å². The van der Waals surface area contributed by atoms with Gasteiger partial charge in [-0.15, -0.1) is 0 Å². The van der Waals surface area contributed by atoms with E-state index in [9.17, 15) is 22.8 Å². The summed E-state index contributed by atoms with van der Waals surface area (Å²) in [6.07, 6.45) is -5.03. The number of halogens is 3. The second-order valence-corrected chi connectivity index (χ2v) is 8.99. The minimum atomic E-state index is -4.71. The van der Waals surface area contributed by atoms with Crippen molar-refractivity contribution in [1.82, 2.24) is 14.4 Å². The average Bonchev–Trinajstić information content (AvgIpc) is 3.34. The van der Waals surface area contributed by atoms with Crippen molar-refractivity contribution in [2.75, 3.05) is 39.0 Å². The summed E-state index contributed by atoms with van der Waals surface area (Å²) in [5.41, 5.74) is -0.716. The molecular formula is C24H27F3N4O3. The number of fused-ring (bicyclic) bond motifs is 1. The van der Waals surface area contributed by atoms with Gasteiger partial charge in [0.25, 0.3) is 0 Å². The first-order valence-electron chi connectivity index (χ1n) is 11.0. The highest BCUT2D eigenvalue weighted by molar-refractivity contribution is 5.97. The van der Waals surface area contributed by atoms with Crippen LogP contribution in [0, 0.1) is 5.41 Å². The van der Waals surface area contributed by atoms with E-state index in [1.54, 1.807) is 4.90 Å². The molecule has 1 aliphatic heterocycles. The summed E-state index contributed by atoms with van der Waals surface area (Å²) >= 11 is 0. The Kier molecular flexibility index (Phi) is 6.55. The van der Waals surface area contributed by atoms with Crippen LogP contribution in [-0.2, 0) is 17.9 Å². The Morgan fingerprint density at radius 2 is 1.91 bits per heavy atom. The Bertz CT molecular complexity index is 1220. The molecule has 34 heavy (non-hydrogen) atoms. The molecule has 3 aromatic rings. The van der Waals surface area contributed by atoms with Gasteiger partial charge in [0.15, 0.2) is 11.0 Å². The van der Waals surface area contributed by atoms with E-state index < -0.39 is 29.8 Å². The van der Waals surface area contributed by atoms with Gasteiger partial charge in [-0.3, -0.25) is 14.3 Å². The van der Waals surface area contributed by atoms with Gasteiger partial charge in [0, 0.05) is 31.9 Å². The van der Waals surface area contributed by atoms with Crippen LogP contribution in [0.4, 0.5) is 18.9 Å². The first kappa shape index (κ1) is 24.0. The molecule has 1 unspecified atom stereocenters. The lowest BCUT2D eigenvalue weighted by atomic mass is 9.85. The fourth-order valence-corrected chi connectivity index (χ4v) is 4.31. The maximum Gasteiger partial charge on any atom is 0.419 e. The molecule has 4 rings (SSSR count). The van der Waals surface area contributed by atoms with E-state index in [1.807, 2.05) is 49.3 Å². The molecule has 1 aromatic heterocycles. The zero-order valence-electron chi connectivity index (χ0n) is 19.1. The first-order chi connectivity index (χ1) is 16.1. The molecule has 10 heteroatoms. The van der Waals surface area contributed by atoms with Crippen LogP contribution in [0.1, 0.15) is 12.0 Å². The molecule has 0 spiro atoms. The zero-order valence-corrected chi connectivity index (χ0v) is 19.1. The van der Waals surface area contributed by atoms with Gasteiger partial charge in [0.2, 0.25) is 5.91 Å². The van der Waals surface area contributed by atoms with Crippen LogP contribution < -0.4 is 11.1 Å². The maximum atomic E-state index is 14.2. The van der Waals surface area contributed by atoms with Crippen molar-refractivity contribution in [3.63, 3.8) is 0 Å². The number of carbonyl (C=O) groups excluding carboxylic acids is 1. The average molecular weight is 476 g/mol. The number of hydrogen-bond donors (Lipinski definition) is 1. The van der Waals surface area contributed by atoms with Gasteiger partial charge in [-0.25, -0.2) is 4.79 Å². The topological polar surface area (TPSA) is 70.7 Å². The Hall–Kier alpha value is -3.11. The van der Waals surface area contributed by atoms with Crippen molar-refractivity contribution in [2.45, 2.75) is 25.7 Å². The van der Waals surface area contributed by atoms with E-state index >= 15 is 0 Å². The third-order valence-corrected chi connectivity index (χ3v) is 6.27. The third kappa shape index (κ3) is 4.74. The minimum Gasteiger partial charge on any atom is -0.408 e. The normalized spacial score (nSPS) is 19.2. The highest BCUT2D eigenvalue weighted by atomic mass is 19.4. The number of likely N-dealkylation sites (N-methyl/N-ethyl adjacent to an activating group) is 1. The molecule has 1 N–H and O–H groups in total. The van der Waals surface area contributed by atoms with Gasteiger partial charge in [-0.05, 0) is 50.8 Å². The van der Waals surface area contributed by atoms with E-state index in [1.165, 1.54) is 22.8 Å². The summed E-state index contributed by atoms with van der Waals surface area (Å²) < 4.78 is 49.3. The van der Waals surface area contributed by atoms with Crippen LogP contribution in [0.15, 0.2) is 57.7 Å². The predicted octanol–water partition coefficient (Wildman–Crippen LogP) is 3.55. The minimum absolute atomic E-state index is 0.159. The summed E-state index contributed by atoms with van der Waals surface area (Å²) in [6, 6.07) is 13.6. The first-order valence-corrected chi connectivity index (χ1v) is 11.0. The maximum absolute atomic E-state index is 14.2. The molecule has 182 valence electrons. The Balaban J connectivity index is 1.56. The lowest BCUT2D eigenvalue weighted by Gasteiger charge is -2.30. The van der Waals surface area contributed by atoms with Crippen molar-refractivity contribution in [1.29, 1.82) is 0 Å². The molecule has 0 saturated carbocycles. The molecule has 1 fully saturated rings. The Morgan fingerprint density at radius 3 is 2.59 bits per heavy atom. The SMILES string of the molecule is CN(C)CCn1c(=O)oc2ccc(NC(=O)C3(C(F)(F)F)CCN(Cc4ccccc4)C3)cc21.